The first-order valence-corrected chi connectivity index (χ1v) is 6.42. The van der Waals surface area contributed by atoms with Crippen molar-refractivity contribution in [3.05, 3.63) is 29.8 Å². The van der Waals surface area contributed by atoms with Crippen molar-refractivity contribution in [3.8, 4) is 5.75 Å². The molecule has 0 aromatic heterocycles. The van der Waals surface area contributed by atoms with E-state index in [1.807, 2.05) is 0 Å². The Hall–Kier alpha value is -1.40. The van der Waals surface area contributed by atoms with Crippen LogP contribution in [-0.4, -0.2) is 29.5 Å². The van der Waals surface area contributed by atoms with Gasteiger partial charge < -0.3 is 19.3 Å². The zero-order valence-corrected chi connectivity index (χ0v) is 10.5. The molecule has 0 radical (unpaired) electrons. The molecule has 0 saturated carbocycles. The third-order valence-electron chi connectivity index (χ3n) is 1.91. The van der Waals surface area contributed by atoms with E-state index < -0.39 is 20.4 Å². The van der Waals surface area contributed by atoms with E-state index in [-0.39, 0.29) is 6.61 Å². The number of ether oxygens (including phenoxy) is 2. The average Bonchev–Trinajstić information content (AvgIpc) is 2.33. The SMILES string of the molecule is COc1ccc(COC(=O)COP(=O)(O)O)cc1. The molecule has 1 aromatic carbocycles. The van der Waals surface area contributed by atoms with Gasteiger partial charge in [-0.3, -0.25) is 4.52 Å². The summed E-state index contributed by atoms with van der Waals surface area (Å²) >= 11 is 0. The van der Waals surface area contributed by atoms with Crippen LogP contribution >= 0.6 is 7.82 Å². The first kappa shape index (κ1) is 14.7. The molecule has 0 amide bonds. The second kappa shape index (κ2) is 6.51. The Balaban J connectivity index is 2.35. The van der Waals surface area contributed by atoms with Crippen LogP contribution in [0.5, 0.6) is 5.75 Å². The monoisotopic (exact) mass is 276 g/mol. The maximum atomic E-state index is 11.1. The van der Waals surface area contributed by atoms with Crippen LogP contribution < -0.4 is 4.74 Å². The zero-order chi connectivity index (χ0) is 13.6. The number of carbonyl (C=O) groups is 1. The molecule has 18 heavy (non-hydrogen) atoms. The van der Waals surface area contributed by atoms with Crippen molar-refractivity contribution in [1.82, 2.24) is 0 Å². The molecule has 7 nitrogen and oxygen atoms in total. The second-order valence-electron chi connectivity index (χ2n) is 3.27. The van der Waals surface area contributed by atoms with Crippen LogP contribution in [0.4, 0.5) is 0 Å². The van der Waals surface area contributed by atoms with Crippen LogP contribution in [0.3, 0.4) is 0 Å². The molecule has 1 rings (SSSR count). The number of hydrogen-bond donors (Lipinski definition) is 2. The number of benzene rings is 1. The average molecular weight is 276 g/mol. The quantitative estimate of drug-likeness (QED) is 0.586. The molecule has 0 aliphatic carbocycles. The van der Waals surface area contributed by atoms with Gasteiger partial charge in [0.05, 0.1) is 7.11 Å². The largest absolute Gasteiger partial charge is 0.497 e. The third-order valence-corrected chi connectivity index (χ3v) is 2.37. The highest BCUT2D eigenvalue weighted by atomic mass is 31.2. The number of hydrogen-bond acceptors (Lipinski definition) is 5. The molecule has 8 heteroatoms. The van der Waals surface area contributed by atoms with Crippen LogP contribution in [0.1, 0.15) is 5.56 Å². The van der Waals surface area contributed by atoms with Gasteiger partial charge in [-0.05, 0) is 17.7 Å². The van der Waals surface area contributed by atoms with E-state index in [0.29, 0.717) is 5.75 Å². The molecule has 0 spiro atoms. The van der Waals surface area contributed by atoms with Gasteiger partial charge in [-0.1, -0.05) is 12.1 Å². The lowest BCUT2D eigenvalue weighted by Crippen LogP contribution is -2.11. The summed E-state index contributed by atoms with van der Waals surface area (Å²) in [6.45, 7) is -0.798. The number of rotatable bonds is 6. The Bertz CT molecular complexity index is 436. The Morgan fingerprint density at radius 1 is 1.28 bits per heavy atom. The third kappa shape index (κ3) is 5.79. The second-order valence-corrected chi connectivity index (χ2v) is 4.51. The minimum Gasteiger partial charge on any atom is -0.497 e. The number of esters is 1. The van der Waals surface area contributed by atoms with Crippen molar-refractivity contribution in [2.45, 2.75) is 6.61 Å². The maximum absolute atomic E-state index is 11.1. The van der Waals surface area contributed by atoms with Gasteiger partial charge in [0.1, 0.15) is 12.4 Å². The fraction of sp³-hybridized carbons (Fsp3) is 0.300. The Morgan fingerprint density at radius 2 is 1.89 bits per heavy atom. The van der Waals surface area contributed by atoms with Crippen LogP contribution in [-0.2, 0) is 25.2 Å². The van der Waals surface area contributed by atoms with Crippen LogP contribution in [0.25, 0.3) is 0 Å². The summed E-state index contributed by atoms with van der Waals surface area (Å²) in [7, 11) is -3.11. The summed E-state index contributed by atoms with van der Waals surface area (Å²) in [6.07, 6.45) is 0. The first-order valence-electron chi connectivity index (χ1n) is 4.89. The van der Waals surface area contributed by atoms with Crippen molar-refractivity contribution in [2.75, 3.05) is 13.7 Å². The smallest absolute Gasteiger partial charge is 0.470 e. The Morgan fingerprint density at radius 3 is 2.39 bits per heavy atom. The summed E-state index contributed by atoms with van der Waals surface area (Å²) in [6, 6.07) is 6.82. The summed E-state index contributed by atoms with van der Waals surface area (Å²) in [4.78, 5) is 27.8. The minimum absolute atomic E-state index is 0.00660. The molecular weight excluding hydrogens is 263 g/mol. The van der Waals surface area contributed by atoms with E-state index >= 15 is 0 Å². The lowest BCUT2D eigenvalue weighted by atomic mass is 10.2. The molecule has 0 aliphatic heterocycles. The Labute approximate surface area is 104 Å². The number of phosphoric ester groups is 1. The van der Waals surface area contributed by atoms with Crippen LogP contribution in [0, 0.1) is 0 Å². The molecule has 1 aromatic rings. The minimum atomic E-state index is -4.64. The summed E-state index contributed by atoms with van der Waals surface area (Å²) in [5.74, 6) is -0.177. The zero-order valence-electron chi connectivity index (χ0n) is 9.61. The normalized spacial score (nSPS) is 11.1. The molecule has 0 saturated heterocycles. The Kier molecular flexibility index (Phi) is 5.30. The number of methoxy groups -OCH3 is 1. The first-order chi connectivity index (χ1) is 8.40. The van der Waals surface area contributed by atoms with Gasteiger partial charge in [-0.25, -0.2) is 9.36 Å². The van der Waals surface area contributed by atoms with Gasteiger partial charge >= 0.3 is 13.8 Å². The van der Waals surface area contributed by atoms with Gasteiger partial charge in [0, 0.05) is 0 Å². The summed E-state index contributed by atoms with van der Waals surface area (Å²) < 4.78 is 24.0. The van der Waals surface area contributed by atoms with E-state index in [4.69, 9.17) is 19.3 Å². The molecule has 0 heterocycles. The van der Waals surface area contributed by atoms with Gasteiger partial charge in [0.2, 0.25) is 0 Å². The van der Waals surface area contributed by atoms with Crippen molar-refractivity contribution < 1.29 is 33.1 Å². The van der Waals surface area contributed by atoms with Crippen molar-refractivity contribution in [2.24, 2.45) is 0 Å². The van der Waals surface area contributed by atoms with E-state index in [0.717, 1.165) is 5.56 Å². The number of carbonyl (C=O) groups excluding carboxylic acids is 1. The molecule has 0 atom stereocenters. The van der Waals surface area contributed by atoms with Crippen molar-refractivity contribution >= 4 is 13.8 Å². The lowest BCUT2D eigenvalue weighted by Gasteiger charge is -2.07. The predicted octanol–water partition coefficient (Wildman–Crippen LogP) is 0.848. The van der Waals surface area contributed by atoms with E-state index in [1.54, 1.807) is 24.3 Å². The van der Waals surface area contributed by atoms with Gasteiger partial charge in [0.25, 0.3) is 0 Å². The fourth-order valence-corrected chi connectivity index (χ4v) is 1.34. The molecule has 0 bridgehead atoms. The van der Waals surface area contributed by atoms with Crippen LogP contribution in [0.2, 0.25) is 0 Å². The topological polar surface area (TPSA) is 102 Å². The van der Waals surface area contributed by atoms with Crippen molar-refractivity contribution in [1.29, 1.82) is 0 Å². The molecular formula is C10H13O7P. The predicted molar refractivity (Wildman–Crippen MR) is 60.8 cm³/mol. The highest BCUT2D eigenvalue weighted by molar-refractivity contribution is 7.46. The van der Waals surface area contributed by atoms with E-state index in [1.165, 1.54) is 7.11 Å². The molecule has 0 fully saturated rings. The molecule has 2 N–H and O–H groups in total. The lowest BCUT2D eigenvalue weighted by molar-refractivity contribution is -0.147. The van der Waals surface area contributed by atoms with Gasteiger partial charge in [0.15, 0.2) is 6.61 Å². The highest BCUT2D eigenvalue weighted by Crippen LogP contribution is 2.35. The fourth-order valence-electron chi connectivity index (χ4n) is 1.06. The van der Waals surface area contributed by atoms with Gasteiger partial charge in [-0.15, -0.1) is 0 Å². The summed E-state index contributed by atoms with van der Waals surface area (Å²) in [5, 5.41) is 0. The van der Waals surface area contributed by atoms with Crippen molar-refractivity contribution in [3.63, 3.8) is 0 Å². The van der Waals surface area contributed by atoms with E-state index in [2.05, 4.69) is 4.52 Å². The van der Waals surface area contributed by atoms with E-state index in [9.17, 15) is 9.36 Å². The molecule has 0 unspecified atom stereocenters. The van der Waals surface area contributed by atoms with Gasteiger partial charge in [-0.2, -0.15) is 0 Å². The number of phosphoric acid groups is 1. The molecule has 100 valence electrons. The highest BCUT2D eigenvalue weighted by Gasteiger charge is 2.16. The molecule has 0 aliphatic rings. The standard InChI is InChI=1S/C10H13O7P/c1-15-9-4-2-8(3-5-9)6-16-10(11)7-17-18(12,13)14/h2-5H,6-7H2,1H3,(H2,12,13,14). The maximum Gasteiger partial charge on any atom is 0.470 e. The van der Waals surface area contributed by atoms with Crippen LogP contribution in [0.15, 0.2) is 24.3 Å². The summed E-state index contributed by atoms with van der Waals surface area (Å²) in [5.41, 5.74) is 0.723.